The van der Waals surface area contributed by atoms with E-state index in [9.17, 15) is 9.59 Å². The molecule has 5 nitrogen and oxygen atoms in total. The highest BCUT2D eigenvalue weighted by atomic mass is 16.2. The summed E-state index contributed by atoms with van der Waals surface area (Å²) in [6.07, 6.45) is 1.72. The van der Waals surface area contributed by atoms with Crippen molar-refractivity contribution in [3.63, 3.8) is 0 Å². The maximum absolute atomic E-state index is 12.3. The Hall–Kier alpha value is -2.95. The maximum Gasteiger partial charge on any atom is 0.271 e. The Morgan fingerprint density at radius 3 is 2.19 bits per heavy atom. The van der Waals surface area contributed by atoms with Gasteiger partial charge < -0.3 is 5.32 Å². The molecule has 0 aliphatic carbocycles. The van der Waals surface area contributed by atoms with Gasteiger partial charge in [0, 0.05) is 17.2 Å². The summed E-state index contributed by atoms with van der Waals surface area (Å²) in [7, 11) is 0. The normalized spacial score (nSPS) is 11.3. The van der Waals surface area contributed by atoms with Crippen molar-refractivity contribution in [3.05, 3.63) is 65.7 Å². The predicted molar refractivity (Wildman–Crippen MR) is 105 cm³/mol. The van der Waals surface area contributed by atoms with Gasteiger partial charge in [-0.15, -0.1) is 0 Å². The molecular weight excluding hydrogens is 326 g/mol. The number of anilines is 1. The fraction of sp³-hybridized carbons (Fsp3) is 0.286. The zero-order chi connectivity index (χ0) is 18.9. The summed E-state index contributed by atoms with van der Waals surface area (Å²) in [4.78, 5) is 24.0. The van der Waals surface area contributed by atoms with Gasteiger partial charge in [-0.25, -0.2) is 5.43 Å². The quantitative estimate of drug-likeness (QED) is 0.579. The van der Waals surface area contributed by atoms with Crippen LogP contribution in [-0.2, 0) is 4.79 Å². The number of hydrogen-bond acceptors (Lipinski definition) is 3. The topological polar surface area (TPSA) is 70.6 Å². The molecule has 2 aromatic carbocycles. The lowest BCUT2D eigenvalue weighted by atomic mass is 10.1. The van der Waals surface area contributed by atoms with Gasteiger partial charge in [-0.3, -0.25) is 9.59 Å². The van der Waals surface area contributed by atoms with Crippen LogP contribution in [0.3, 0.4) is 0 Å². The average molecular weight is 351 g/mol. The summed E-state index contributed by atoms with van der Waals surface area (Å²) in [6, 6.07) is 16.6. The van der Waals surface area contributed by atoms with Crippen LogP contribution in [0.2, 0.25) is 0 Å². The highest BCUT2D eigenvalue weighted by molar-refractivity contribution is 6.02. The van der Waals surface area contributed by atoms with Crippen LogP contribution in [-0.4, -0.2) is 17.5 Å². The molecule has 0 spiro atoms. The molecule has 0 fully saturated rings. The van der Waals surface area contributed by atoms with Crippen LogP contribution in [0.5, 0.6) is 0 Å². The van der Waals surface area contributed by atoms with Crippen LogP contribution in [0.1, 0.15) is 49.5 Å². The predicted octanol–water partition coefficient (Wildman–Crippen LogP) is 4.22. The molecule has 136 valence electrons. The van der Waals surface area contributed by atoms with Crippen LogP contribution in [0.25, 0.3) is 0 Å². The molecule has 0 aliphatic heterocycles. The number of carbonyl (C=O) groups is 2. The van der Waals surface area contributed by atoms with Crippen LogP contribution in [0.15, 0.2) is 59.7 Å². The lowest BCUT2D eigenvalue weighted by Crippen LogP contribution is -2.20. The summed E-state index contributed by atoms with van der Waals surface area (Å²) in [5, 5.41) is 7.10. The third-order valence-corrected chi connectivity index (χ3v) is 3.83. The average Bonchev–Trinajstić information content (AvgIpc) is 2.66. The van der Waals surface area contributed by atoms with Crippen molar-refractivity contribution in [2.24, 2.45) is 11.0 Å². The van der Waals surface area contributed by atoms with Crippen molar-refractivity contribution < 1.29 is 9.59 Å². The number of hydrazone groups is 1. The molecule has 2 aromatic rings. The first-order chi connectivity index (χ1) is 12.5. The largest absolute Gasteiger partial charge is 0.326 e. The third-order valence-electron chi connectivity index (χ3n) is 3.83. The second-order valence-corrected chi connectivity index (χ2v) is 6.34. The fourth-order valence-corrected chi connectivity index (χ4v) is 2.31. The summed E-state index contributed by atoms with van der Waals surface area (Å²) in [6.45, 7) is 5.73. The first-order valence-corrected chi connectivity index (χ1v) is 8.84. The monoisotopic (exact) mass is 351 g/mol. The van der Waals surface area contributed by atoms with E-state index in [-0.39, 0.29) is 17.7 Å². The molecule has 0 bridgehead atoms. The molecule has 2 N–H and O–H groups in total. The molecule has 2 rings (SSSR count). The number of hydrogen-bond donors (Lipinski definition) is 2. The minimum Gasteiger partial charge on any atom is -0.326 e. The van der Waals surface area contributed by atoms with E-state index in [1.54, 1.807) is 24.3 Å². The first kappa shape index (κ1) is 19.4. The summed E-state index contributed by atoms with van der Waals surface area (Å²) in [5.41, 5.74) is 5.63. The fourth-order valence-electron chi connectivity index (χ4n) is 2.31. The zero-order valence-electron chi connectivity index (χ0n) is 15.5. The Morgan fingerprint density at radius 2 is 1.62 bits per heavy atom. The number of carbonyl (C=O) groups excluding carboxylic acids is 2. The van der Waals surface area contributed by atoms with Crippen molar-refractivity contribution in [2.45, 2.75) is 33.6 Å². The van der Waals surface area contributed by atoms with E-state index in [4.69, 9.17) is 0 Å². The maximum atomic E-state index is 12.3. The second kappa shape index (κ2) is 9.51. The molecule has 0 aromatic heterocycles. The highest BCUT2D eigenvalue weighted by Gasteiger charge is 2.09. The Balaban J connectivity index is 2.05. The Labute approximate surface area is 154 Å². The second-order valence-electron chi connectivity index (χ2n) is 6.34. The number of benzene rings is 2. The number of rotatable bonds is 7. The molecule has 5 heteroatoms. The van der Waals surface area contributed by atoms with Crippen molar-refractivity contribution in [1.82, 2.24) is 5.43 Å². The van der Waals surface area contributed by atoms with Crippen LogP contribution >= 0.6 is 0 Å². The highest BCUT2D eigenvalue weighted by Crippen LogP contribution is 2.11. The number of amides is 2. The Bertz CT molecular complexity index is 766. The Morgan fingerprint density at radius 1 is 0.962 bits per heavy atom. The molecule has 0 aliphatic rings. The summed E-state index contributed by atoms with van der Waals surface area (Å²) in [5.74, 6) is -0.433. The van der Waals surface area contributed by atoms with Gasteiger partial charge in [0.2, 0.25) is 5.91 Å². The molecule has 0 saturated carbocycles. The van der Waals surface area contributed by atoms with Gasteiger partial charge in [0.25, 0.3) is 5.91 Å². The van der Waals surface area contributed by atoms with E-state index >= 15 is 0 Å². The summed E-state index contributed by atoms with van der Waals surface area (Å²) >= 11 is 0. The van der Waals surface area contributed by atoms with Crippen molar-refractivity contribution in [2.75, 3.05) is 5.32 Å². The van der Waals surface area contributed by atoms with Gasteiger partial charge in [0.1, 0.15) is 0 Å². The van der Waals surface area contributed by atoms with Gasteiger partial charge in [-0.05, 0) is 36.2 Å². The molecule has 0 radical (unpaired) electrons. The first-order valence-electron chi connectivity index (χ1n) is 8.84. The summed E-state index contributed by atoms with van der Waals surface area (Å²) < 4.78 is 0. The van der Waals surface area contributed by atoms with Crippen LogP contribution in [0, 0.1) is 5.92 Å². The molecule has 0 atom stereocenters. The van der Waals surface area contributed by atoms with E-state index in [1.165, 1.54) is 0 Å². The Kier molecular flexibility index (Phi) is 7.09. The van der Waals surface area contributed by atoms with E-state index in [0.717, 1.165) is 24.1 Å². The molecule has 0 heterocycles. The lowest BCUT2D eigenvalue weighted by molar-refractivity contribution is -0.118. The number of nitrogens with one attached hydrogen (secondary N) is 2. The van der Waals surface area contributed by atoms with Gasteiger partial charge >= 0.3 is 0 Å². The van der Waals surface area contributed by atoms with Gasteiger partial charge in [0.05, 0.1) is 5.71 Å². The van der Waals surface area contributed by atoms with E-state index < -0.39 is 0 Å². The molecular formula is C21H25N3O2. The van der Waals surface area contributed by atoms with Gasteiger partial charge in [0.15, 0.2) is 0 Å². The SMILES string of the molecule is CCC/C(=N\NC(=O)c1ccc(NC(=O)C(C)C)cc1)c1ccccc1. The minimum absolute atomic E-state index is 0.0566. The van der Waals surface area contributed by atoms with E-state index in [0.29, 0.717) is 11.3 Å². The van der Waals surface area contributed by atoms with Gasteiger partial charge in [-0.2, -0.15) is 5.10 Å². The van der Waals surface area contributed by atoms with Crippen LogP contribution in [0.4, 0.5) is 5.69 Å². The van der Waals surface area contributed by atoms with Crippen molar-refractivity contribution >= 4 is 23.2 Å². The number of nitrogens with zero attached hydrogens (tertiary/aromatic N) is 1. The zero-order valence-corrected chi connectivity index (χ0v) is 15.5. The lowest BCUT2D eigenvalue weighted by Gasteiger charge is -2.09. The van der Waals surface area contributed by atoms with E-state index in [1.807, 2.05) is 44.2 Å². The molecule has 2 amide bonds. The standard InChI is InChI=1S/C21H25N3O2/c1-4-8-19(16-9-6-5-7-10-16)23-24-21(26)17-11-13-18(14-12-17)22-20(25)15(2)3/h5-7,9-15H,4,8H2,1-3H3,(H,22,25)(H,24,26)/b23-19+. The minimum atomic E-state index is -0.281. The van der Waals surface area contributed by atoms with Gasteiger partial charge in [-0.1, -0.05) is 57.5 Å². The smallest absolute Gasteiger partial charge is 0.271 e. The van der Waals surface area contributed by atoms with Crippen molar-refractivity contribution in [1.29, 1.82) is 0 Å². The van der Waals surface area contributed by atoms with E-state index in [2.05, 4.69) is 22.8 Å². The molecule has 26 heavy (non-hydrogen) atoms. The van der Waals surface area contributed by atoms with Crippen LogP contribution < -0.4 is 10.7 Å². The molecule has 0 saturated heterocycles. The van der Waals surface area contributed by atoms with Crippen molar-refractivity contribution in [3.8, 4) is 0 Å². The molecule has 0 unspecified atom stereocenters. The third kappa shape index (κ3) is 5.55.